The molecule has 0 spiro atoms. The fourth-order valence-electron chi connectivity index (χ4n) is 1.62. The van der Waals surface area contributed by atoms with Crippen LogP contribution in [0.3, 0.4) is 0 Å². The van der Waals surface area contributed by atoms with Crippen LogP contribution in [0.5, 0.6) is 0 Å². The highest BCUT2D eigenvalue weighted by molar-refractivity contribution is 7.18. The number of anilines is 3. The molecule has 0 radical (unpaired) electrons. The van der Waals surface area contributed by atoms with Crippen molar-refractivity contribution in [3.63, 3.8) is 0 Å². The number of hydrogen-bond acceptors (Lipinski definition) is 7. The first-order valence-electron chi connectivity index (χ1n) is 6.47. The molecule has 0 aromatic carbocycles. The summed E-state index contributed by atoms with van der Waals surface area (Å²) in [5, 5.41) is 10.5. The maximum absolute atomic E-state index is 12.2. The van der Waals surface area contributed by atoms with Crippen molar-refractivity contribution in [2.45, 2.75) is 13.5 Å². The highest BCUT2D eigenvalue weighted by atomic mass is 32.1. The molecule has 114 valence electrons. The monoisotopic (exact) mass is 310 g/mol. The molecule has 0 aliphatic rings. The van der Waals surface area contributed by atoms with E-state index < -0.39 is 0 Å². The van der Waals surface area contributed by atoms with E-state index in [4.69, 9.17) is 10.5 Å². The molecule has 8 nitrogen and oxygen atoms in total. The maximum atomic E-state index is 12.2. The molecule has 9 heteroatoms. The van der Waals surface area contributed by atoms with Crippen molar-refractivity contribution < 1.29 is 9.53 Å². The summed E-state index contributed by atoms with van der Waals surface area (Å²) in [6.45, 7) is 3.87. The SMILES string of the molecule is CCn1cc(NC(=O)c2sc(NCCOC)nc2N)cn1. The van der Waals surface area contributed by atoms with Crippen LogP contribution in [0.15, 0.2) is 12.4 Å². The van der Waals surface area contributed by atoms with Gasteiger partial charge in [0.15, 0.2) is 5.13 Å². The average molecular weight is 310 g/mol. The second kappa shape index (κ2) is 7.04. The van der Waals surface area contributed by atoms with Gasteiger partial charge in [-0.05, 0) is 6.92 Å². The van der Waals surface area contributed by atoms with Crippen LogP contribution in [0.4, 0.5) is 16.6 Å². The molecule has 0 fully saturated rings. The number of rotatable bonds is 7. The van der Waals surface area contributed by atoms with Crippen LogP contribution >= 0.6 is 11.3 Å². The van der Waals surface area contributed by atoms with Gasteiger partial charge in [0.2, 0.25) is 0 Å². The predicted molar refractivity (Wildman–Crippen MR) is 82.7 cm³/mol. The number of nitrogens with zero attached hydrogens (tertiary/aromatic N) is 3. The Hall–Kier alpha value is -2.13. The Morgan fingerprint density at radius 2 is 2.38 bits per heavy atom. The molecule has 0 saturated heterocycles. The quantitative estimate of drug-likeness (QED) is 0.664. The lowest BCUT2D eigenvalue weighted by molar-refractivity contribution is 0.103. The average Bonchev–Trinajstić information content (AvgIpc) is 3.05. The largest absolute Gasteiger partial charge is 0.383 e. The molecule has 0 saturated carbocycles. The molecule has 4 N–H and O–H groups in total. The van der Waals surface area contributed by atoms with Crippen LogP contribution in [-0.4, -0.2) is 40.9 Å². The third-order valence-electron chi connectivity index (χ3n) is 2.66. The van der Waals surface area contributed by atoms with Crippen LogP contribution in [0.2, 0.25) is 0 Å². The van der Waals surface area contributed by atoms with Crippen molar-refractivity contribution in [2.24, 2.45) is 0 Å². The Balaban J connectivity index is 2.01. The molecule has 0 unspecified atom stereocenters. The minimum Gasteiger partial charge on any atom is -0.383 e. The van der Waals surface area contributed by atoms with E-state index >= 15 is 0 Å². The lowest BCUT2D eigenvalue weighted by Gasteiger charge is -2.00. The predicted octanol–water partition coefficient (Wildman–Crippen LogP) is 1.25. The number of thiazole rings is 1. The van der Waals surface area contributed by atoms with E-state index in [-0.39, 0.29) is 11.7 Å². The van der Waals surface area contributed by atoms with E-state index in [2.05, 4.69) is 20.7 Å². The van der Waals surface area contributed by atoms with Crippen molar-refractivity contribution >= 4 is 33.9 Å². The van der Waals surface area contributed by atoms with Crippen molar-refractivity contribution in [3.8, 4) is 0 Å². The fraction of sp³-hybridized carbons (Fsp3) is 0.417. The zero-order valence-electron chi connectivity index (χ0n) is 11.9. The second-order valence-corrected chi connectivity index (χ2v) is 5.19. The molecule has 0 aliphatic heterocycles. The van der Waals surface area contributed by atoms with E-state index in [0.717, 1.165) is 6.54 Å². The molecule has 1 amide bonds. The van der Waals surface area contributed by atoms with Gasteiger partial charge >= 0.3 is 0 Å². The summed E-state index contributed by atoms with van der Waals surface area (Å²) in [4.78, 5) is 16.7. The second-order valence-electron chi connectivity index (χ2n) is 4.19. The molecule has 2 heterocycles. The number of aromatic nitrogens is 3. The van der Waals surface area contributed by atoms with E-state index in [1.165, 1.54) is 11.3 Å². The summed E-state index contributed by atoms with van der Waals surface area (Å²) >= 11 is 1.21. The normalized spacial score (nSPS) is 10.6. The number of carbonyl (C=O) groups is 1. The van der Waals surface area contributed by atoms with Gasteiger partial charge in [-0.15, -0.1) is 0 Å². The zero-order valence-corrected chi connectivity index (χ0v) is 12.7. The van der Waals surface area contributed by atoms with Gasteiger partial charge in [0.05, 0.1) is 18.5 Å². The third-order valence-corrected chi connectivity index (χ3v) is 3.68. The summed E-state index contributed by atoms with van der Waals surface area (Å²) in [7, 11) is 1.62. The van der Waals surface area contributed by atoms with Crippen molar-refractivity contribution in [1.29, 1.82) is 0 Å². The Kier molecular flexibility index (Phi) is 5.12. The first-order chi connectivity index (χ1) is 10.1. The number of nitrogens with one attached hydrogen (secondary N) is 2. The maximum Gasteiger partial charge on any atom is 0.269 e. The lowest BCUT2D eigenvalue weighted by Crippen LogP contribution is -2.11. The highest BCUT2D eigenvalue weighted by Gasteiger charge is 2.16. The van der Waals surface area contributed by atoms with Crippen molar-refractivity contribution in [1.82, 2.24) is 14.8 Å². The molecule has 2 rings (SSSR count). The molecule has 2 aromatic heterocycles. The van der Waals surface area contributed by atoms with Crippen LogP contribution in [0.25, 0.3) is 0 Å². The summed E-state index contributed by atoms with van der Waals surface area (Å²) in [6, 6.07) is 0. The number of hydrogen-bond donors (Lipinski definition) is 3. The Morgan fingerprint density at radius 1 is 1.57 bits per heavy atom. The number of nitrogen functional groups attached to an aromatic ring is 1. The molecular weight excluding hydrogens is 292 g/mol. The number of carbonyl (C=O) groups excluding carboxylic acids is 1. The van der Waals surface area contributed by atoms with Gasteiger partial charge in [0, 0.05) is 26.4 Å². The first-order valence-corrected chi connectivity index (χ1v) is 7.28. The van der Waals surface area contributed by atoms with Gasteiger partial charge < -0.3 is 21.1 Å². The summed E-state index contributed by atoms with van der Waals surface area (Å²) < 4.78 is 6.66. The third kappa shape index (κ3) is 3.92. The first kappa shape index (κ1) is 15.3. The molecule has 0 aliphatic carbocycles. The fourth-order valence-corrected chi connectivity index (χ4v) is 2.42. The van der Waals surface area contributed by atoms with Gasteiger partial charge in [0.1, 0.15) is 10.7 Å². The molecule has 0 bridgehead atoms. The smallest absolute Gasteiger partial charge is 0.269 e. The van der Waals surface area contributed by atoms with E-state index in [1.54, 1.807) is 24.2 Å². The summed E-state index contributed by atoms with van der Waals surface area (Å²) in [6.07, 6.45) is 3.35. The van der Waals surface area contributed by atoms with Crippen molar-refractivity contribution in [3.05, 3.63) is 17.3 Å². The van der Waals surface area contributed by atoms with Gasteiger partial charge in [0.25, 0.3) is 5.91 Å². The zero-order chi connectivity index (χ0) is 15.2. The Labute approximate surface area is 126 Å². The van der Waals surface area contributed by atoms with Crippen LogP contribution in [0, 0.1) is 0 Å². The standard InChI is InChI=1S/C12H18N6O2S/c1-3-18-7-8(6-15-18)16-11(19)9-10(13)17-12(21-9)14-4-5-20-2/h6-7H,3-5,13H2,1-2H3,(H,14,17)(H,16,19). The molecule has 2 aromatic rings. The number of amides is 1. The number of ether oxygens (including phenoxy) is 1. The van der Waals surface area contributed by atoms with E-state index in [0.29, 0.717) is 28.8 Å². The van der Waals surface area contributed by atoms with E-state index in [9.17, 15) is 4.79 Å². The Morgan fingerprint density at radius 3 is 3.05 bits per heavy atom. The van der Waals surface area contributed by atoms with E-state index in [1.807, 2.05) is 6.92 Å². The lowest BCUT2D eigenvalue weighted by atomic mass is 10.4. The van der Waals surface area contributed by atoms with Crippen LogP contribution in [-0.2, 0) is 11.3 Å². The molecule has 21 heavy (non-hydrogen) atoms. The van der Waals surface area contributed by atoms with Gasteiger partial charge in [-0.25, -0.2) is 4.98 Å². The highest BCUT2D eigenvalue weighted by Crippen LogP contribution is 2.25. The topological polar surface area (TPSA) is 107 Å². The number of aryl methyl sites for hydroxylation is 1. The Bertz CT molecular complexity index is 609. The minimum absolute atomic E-state index is 0.209. The summed E-state index contributed by atoms with van der Waals surface area (Å²) in [5.41, 5.74) is 6.41. The van der Waals surface area contributed by atoms with Crippen molar-refractivity contribution in [2.75, 3.05) is 36.6 Å². The van der Waals surface area contributed by atoms with Gasteiger partial charge in [-0.1, -0.05) is 11.3 Å². The molecule has 0 atom stereocenters. The van der Waals surface area contributed by atoms with Crippen LogP contribution < -0.4 is 16.4 Å². The summed E-state index contributed by atoms with van der Waals surface area (Å²) in [5.74, 6) is -0.0826. The van der Waals surface area contributed by atoms with Crippen LogP contribution in [0.1, 0.15) is 16.6 Å². The molecular formula is C12H18N6O2S. The van der Waals surface area contributed by atoms with Gasteiger partial charge in [-0.2, -0.15) is 5.10 Å². The van der Waals surface area contributed by atoms with Gasteiger partial charge in [-0.3, -0.25) is 9.48 Å². The minimum atomic E-state index is -0.291. The number of nitrogens with two attached hydrogens (primary N) is 1. The number of methoxy groups -OCH3 is 1.